The van der Waals surface area contributed by atoms with Crippen LogP contribution in [0, 0.1) is 0 Å². The largest absolute Gasteiger partial charge is 0.339 e. The highest BCUT2D eigenvalue weighted by atomic mass is 16.2. The summed E-state index contributed by atoms with van der Waals surface area (Å²) in [6.45, 7) is 6.65. The molecule has 1 fully saturated rings. The van der Waals surface area contributed by atoms with Crippen LogP contribution in [0.4, 0.5) is 0 Å². The Kier molecular flexibility index (Phi) is 4.59. The zero-order chi connectivity index (χ0) is 13.8. The molecule has 0 saturated carbocycles. The van der Waals surface area contributed by atoms with Crippen molar-refractivity contribution < 1.29 is 4.79 Å². The summed E-state index contributed by atoms with van der Waals surface area (Å²) in [5.41, 5.74) is 0.788. The lowest BCUT2D eigenvalue weighted by Crippen LogP contribution is -2.47. The molecule has 19 heavy (non-hydrogen) atoms. The van der Waals surface area contributed by atoms with Crippen LogP contribution in [0.25, 0.3) is 0 Å². The van der Waals surface area contributed by atoms with E-state index in [9.17, 15) is 4.79 Å². The van der Waals surface area contributed by atoms with Crippen molar-refractivity contribution in [2.75, 3.05) is 20.1 Å². The van der Waals surface area contributed by atoms with Crippen LogP contribution in [0.1, 0.15) is 37.0 Å². The van der Waals surface area contributed by atoms with Crippen molar-refractivity contribution >= 4 is 5.91 Å². The molecule has 1 aromatic carbocycles. The molecule has 104 valence electrons. The number of benzene rings is 1. The van der Waals surface area contributed by atoms with Gasteiger partial charge >= 0.3 is 0 Å². The highest BCUT2D eigenvalue weighted by Gasteiger charge is 2.26. The summed E-state index contributed by atoms with van der Waals surface area (Å²) in [6, 6.07) is 10.5. The van der Waals surface area contributed by atoms with Crippen LogP contribution >= 0.6 is 0 Å². The summed E-state index contributed by atoms with van der Waals surface area (Å²) in [7, 11) is 1.94. The maximum Gasteiger partial charge on any atom is 0.253 e. The minimum absolute atomic E-state index is 0.142. The van der Waals surface area contributed by atoms with Crippen LogP contribution in [0.3, 0.4) is 0 Å². The van der Waals surface area contributed by atoms with E-state index in [4.69, 9.17) is 0 Å². The molecule has 0 aromatic heterocycles. The van der Waals surface area contributed by atoms with Gasteiger partial charge in [-0.2, -0.15) is 0 Å². The van der Waals surface area contributed by atoms with Gasteiger partial charge in [0.1, 0.15) is 0 Å². The Morgan fingerprint density at radius 2 is 1.79 bits per heavy atom. The zero-order valence-electron chi connectivity index (χ0n) is 12.2. The molecule has 1 heterocycles. The molecule has 0 atom stereocenters. The average molecular weight is 260 g/mol. The Balaban J connectivity index is 1.94. The maximum absolute atomic E-state index is 12.4. The highest BCUT2D eigenvalue weighted by Crippen LogP contribution is 2.18. The molecule has 3 nitrogen and oxygen atoms in total. The van der Waals surface area contributed by atoms with E-state index in [0.717, 1.165) is 31.5 Å². The molecule has 0 unspecified atom stereocenters. The lowest BCUT2D eigenvalue weighted by atomic mass is 10.0. The topological polar surface area (TPSA) is 23.6 Å². The molecule has 0 N–H and O–H groups in total. The summed E-state index contributed by atoms with van der Waals surface area (Å²) in [6.07, 6.45) is 2.15. The number of hydrogen-bond donors (Lipinski definition) is 0. The predicted molar refractivity (Wildman–Crippen MR) is 78.3 cm³/mol. The van der Waals surface area contributed by atoms with Gasteiger partial charge in [0.2, 0.25) is 0 Å². The number of amides is 1. The van der Waals surface area contributed by atoms with Crippen molar-refractivity contribution in [1.29, 1.82) is 0 Å². The maximum atomic E-state index is 12.4. The van der Waals surface area contributed by atoms with Crippen LogP contribution in [-0.2, 0) is 0 Å². The lowest BCUT2D eigenvalue weighted by molar-refractivity contribution is 0.0615. The predicted octanol–water partition coefficient (Wildman–Crippen LogP) is 2.63. The van der Waals surface area contributed by atoms with Gasteiger partial charge in [0.25, 0.3) is 5.91 Å². The van der Waals surface area contributed by atoms with Crippen LogP contribution in [0.5, 0.6) is 0 Å². The molecule has 3 heteroatoms. The number of nitrogens with zero attached hydrogens (tertiary/aromatic N) is 2. The second-order valence-electron chi connectivity index (χ2n) is 5.64. The first-order valence-corrected chi connectivity index (χ1v) is 7.16. The van der Waals surface area contributed by atoms with E-state index in [-0.39, 0.29) is 5.91 Å². The average Bonchev–Trinajstić information content (AvgIpc) is 2.46. The summed E-state index contributed by atoms with van der Waals surface area (Å²) >= 11 is 0. The molecule has 1 amide bonds. The van der Waals surface area contributed by atoms with Crippen LogP contribution in [-0.4, -0.2) is 47.9 Å². The monoisotopic (exact) mass is 260 g/mol. The molecular formula is C16H24N2O. The number of likely N-dealkylation sites (tertiary alicyclic amines) is 1. The normalized spacial score (nSPS) is 17.7. The number of piperidine rings is 1. The fourth-order valence-electron chi connectivity index (χ4n) is 2.74. The first-order valence-electron chi connectivity index (χ1n) is 7.16. The summed E-state index contributed by atoms with van der Waals surface area (Å²) in [5.74, 6) is 0.142. The van der Waals surface area contributed by atoms with Crippen molar-refractivity contribution in [2.24, 2.45) is 0 Å². The van der Waals surface area contributed by atoms with Gasteiger partial charge in [-0.25, -0.2) is 0 Å². The summed E-state index contributed by atoms with van der Waals surface area (Å²) in [5, 5.41) is 0. The summed E-state index contributed by atoms with van der Waals surface area (Å²) in [4.78, 5) is 16.8. The fourth-order valence-corrected chi connectivity index (χ4v) is 2.74. The van der Waals surface area contributed by atoms with E-state index < -0.39 is 0 Å². The summed E-state index contributed by atoms with van der Waals surface area (Å²) < 4.78 is 0. The Labute approximate surface area is 116 Å². The third-order valence-corrected chi connectivity index (χ3v) is 4.12. The second-order valence-corrected chi connectivity index (χ2v) is 5.64. The van der Waals surface area contributed by atoms with Gasteiger partial charge in [-0.3, -0.25) is 4.79 Å². The highest BCUT2D eigenvalue weighted by molar-refractivity contribution is 5.94. The first-order chi connectivity index (χ1) is 9.09. The van der Waals surface area contributed by atoms with Crippen LogP contribution in [0.15, 0.2) is 30.3 Å². The van der Waals surface area contributed by atoms with Crippen molar-refractivity contribution in [3.8, 4) is 0 Å². The third-order valence-electron chi connectivity index (χ3n) is 4.12. The van der Waals surface area contributed by atoms with Crippen molar-refractivity contribution in [3.63, 3.8) is 0 Å². The third kappa shape index (κ3) is 3.35. The lowest BCUT2D eigenvalue weighted by Gasteiger charge is -2.38. The van der Waals surface area contributed by atoms with Gasteiger partial charge in [-0.05, 0) is 38.8 Å². The number of hydrogen-bond acceptors (Lipinski definition) is 2. The van der Waals surface area contributed by atoms with E-state index in [2.05, 4.69) is 18.7 Å². The van der Waals surface area contributed by atoms with Crippen molar-refractivity contribution in [3.05, 3.63) is 35.9 Å². The van der Waals surface area contributed by atoms with Crippen molar-refractivity contribution in [1.82, 2.24) is 9.80 Å². The Morgan fingerprint density at radius 3 is 2.32 bits per heavy atom. The van der Waals surface area contributed by atoms with E-state index in [1.54, 1.807) is 0 Å². The quantitative estimate of drug-likeness (QED) is 0.834. The molecule has 2 rings (SSSR count). The molecule has 1 aliphatic rings. The number of rotatable bonds is 3. The smallest absolute Gasteiger partial charge is 0.253 e. The van der Waals surface area contributed by atoms with Gasteiger partial charge in [0.15, 0.2) is 0 Å². The molecule has 0 aliphatic carbocycles. The van der Waals surface area contributed by atoms with E-state index in [0.29, 0.717) is 12.1 Å². The molecule has 0 radical (unpaired) electrons. The van der Waals surface area contributed by atoms with Gasteiger partial charge < -0.3 is 9.80 Å². The number of carbonyl (C=O) groups excluding carboxylic acids is 1. The zero-order valence-corrected chi connectivity index (χ0v) is 12.2. The SMILES string of the molecule is CC(C)N1CCC(N(C)C(=O)c2ccccc2)CC1. The minimum Gasteiger partial charge on any atom is -0.339 e. The van der Waals surface area contributed by atoms with Crippen molar-refractivity contribution in [2.45, 2.75) is 38.8 Å². The Hall–Kier alpha value is -1.35. The fraction of sp³-hybridized carbons (Fsp3) is 0.562. The molecule has 0 bridgehead atoms. The van der Waals surface area contributed by atoms with Crippen LogP contribution < -0.4 is 0 Å². The Morgan fingerprint density at radius 1 is 1.21 bits per heavy atom. The van der Waals surface area contributed by atoms with Gasteiger partial charge in [0.05, 0.1) is 0 Å². The molecule has 1 aliphatic heterocycles. The minimum atomic E-state index is 0.142. The standard InChI is InChI=1S/C16H24N2O/c1-13(2)18-11-9-15(10-12-18)17(3)16(19)14-7-5-4-6-8-14/h4-8,13,15H,9-12H2,1-3H3. The van der Waals surface area contributed by atoms with Gasteiger partial charge in [-0.15, -0.1) is 0 Å². The van der Waals surface area contributed by atoms with E-state index >= 15 is 0 Å². The Bertz CT molecular complexity index is 408. The molecule has 1 aromatic rings. The molecule has 1 saturated heterocycles. The van der Waals surface area contributed by atoms with E-state index in [1.807, 2.05) is 42.3 Å². The molecule has 0 spiro atoms. The second kappa shape index (κ2) is 6.20. The number of carbonyl (C=O) groups is 1. The first kappa shape index (κ1) is 14.1. The van der Waals surface area contributed by atoms with Gasteiger partial charge in [-0.1, -0.05) is 18.2 Å². The van der Waals surface area contributed by atoms with E-state index in [1.165, 1.54) is 0 Å². The van der Waals surface area contributed by atoms with Gasteiger partial charge in [0, 0.05) is 37.8 Å². The molecular weight excluding hydrogens is 236 g/mol. The van der Waals surface area contributed by atoms with Crippen LogP contribution in [0.2, 0.25) is 0 Å².